The Morgan fingerprint density at radius 1 is 1.19 bits per heavy atom. The van der Waals surface area contributed by atoms with Gasteiger partial charge in [-0.25, -0.2) is 0 Å². The number of ketones is 1. The van der Waals surface area contributed by atoms with Gasteiger partial charge in [0.25, 0.3) is 0 Å². The number of methoxy groups -OCH3 is 3. The van der Waals surface area contributed by atoms with E-state index in [0.717, 1.165) is 0 Å². The number of rotatable bonds is 4. The summed E-state index contributed by atoms with van der Waals surface area (Å²) in [4.78, 5) is 24.9. The van der Waals surface area contributed by atoms with E-state index in [2.05, 4.69) is 0 Å². The minimum atomic E-state index is -1.28. The lowest BCUT2D eigenvalue weighted by Gasteiger charge is -2.37. The van der Waals surface area contributed by atoms with Gasteiger partial charge in [0.2, 0.25) is 0 Å². The molecule has 0 N–H and O–H groups in total. The number of carbonyl (C=O) groups excluding carboxylic acids is 2. The molecule has 0 heterocycles. The normalized spacial score (nSPS) is 25.5. The van der Waals surface area contributed by atoms with Crippen molar-refractivity contribution in [3.8, 4) is 5.75 Å². The Balaban J connectivity index is 2.49. The van der Waals surface area contributed by atoms with Crippen LogP contribution in [0.3, 0.4) is 0 Å². The third kappa shape index (κ3) is 2.65. The van der Waals surface area contributed by atoms with Crippen molar-refractivity contribution in [3.63, 3.8) is 0 Å². The number of carbonyl (C=O) groups is 2. The third-order valence-electron chi connectivity index (χ3n) is 4.15. The van der Waals surface area contributed by atoms with E-state index in [1.54, 1.807) is 38.5 Å². The molecule has 0 spiro atoms. The minimum absolute atomic E-state index is 0.118. The molecule has 1 fully saturated rings. The van der Waals surface area contributed by atoms with Crippen LogP contribution in [-0.4, -0.2) is 39.2 Å². The fourth-order valence-electron chi connectivity index (χ4n) is 2.91. The monoisotopic (exact) mass is 292 g/mol. The number of hydrogen-bond acceptors (Lipinski definition) is 5. The molecule has 0 amide bonds. The largest absolute Gasteiger partial charge is 0.497 e. The summed E-state index contributed by atoms with van der Waals surface area (Å²) in [5, 5.41) is 0. The topological polar surface area (TPSA) is 61.8 Å². The third-order valence-corrected chi connectivity index (χ3v) is 4.15. The molecule has 0 unspecified atom stereocenters. The molecule has 0 aromatic heterocycles. The van der Waals surface area contributed by atoms with Crippen LogP contribution in [0.4, 0.5) is 0 Å². The van der Waals surface area contributed by atoms with E-state index < -0.39 is 11.4 Å². The van der Waals surface area contributed by atoms with E-state index in [1.165, 1.54) is 7.11 Å². The zero-order chi connectivity index (χ0) is 15.5. The van der Waals surface area contributed by atoms with E-state index in [-0.39, 0.29) is 11.9 Å². The lowest BCUT2D eigenvalue weighted by molar-refractivity contribution is -0.156. The van der Waals surface area contributed by atoms with Crippen LogP contribution in [0, 0.1) is 0 Å². The molecule has 114 valence electrons. The van der Waals surface area contributed by atoms with Gasteiger partial charge in [-0.3, -0.25) is 9.59 Å². The average Bonchev–Trinajstić information content (AvgIpc) is 2.55. The van der Waals surface area contributed by atoms with Crippen molar-refractivity contribution >= 4 is 11.8 Å². The fourth-order valence-corrected chi connectivity index (χ4v) is 2.91. The molecule has 0 bridgehead atoms. The molecule has 1 aromatic carbocycles. The Kier molecular flexibility index (Phi) is 4.63. The number of ether oxygens (including phenoxy) is 3. The van der Waals surface area contributed by atoms with Crippen LogP contribution in [0.5, 0.6) is 5.75 Å². The molecule has 0 aliphatic heterocycles. The summed E-state index contributed by atoms with van der Waals surface area (Å²) in [7, 11) is 4.46. The van der Waals surface area contributed by atoms with Crippen LogP contribution in [-0.2, 0) is 24.5 Å². The van der Waals surface area contributed by atoms with E-state index in [0.29, 0.717) is 30.6 Å². The first-order valence-electron chi connectivity index (χ1n) is 6.87. The lowest BCUT2D eigenvalue weighted by atomic mass is 9.67. The van der Waals surface area contributed by atoms with Gasteiger partial charge in [-0.2, -0.15) is 0 Å². The Labute approximate surface area is 124 Å². The summed E-state index contributed by atoms with van der Waals surface area (Å²) in [6.07, 6.45) is 1.11. The second kappa shape index (κ2) is 6.26. The van der Waals surface area contributed by atoms with Crippen LogP contribution in [0.2, 0.25) is 0 Å². The SMILES string of the molecule is COC(=O)[C@@]1(c2ccc(OC)cc2)C[C@@H](OC)CCC1=O. The lowest BCUT2D eigenvalue weighted by Crippen LogP contribution is -2.50. The second-order valence-electron chi connectivity index (χ2n) is 5.15. The van der Waals surface area contributed by atoms with E-state index in [9.17, 15) is 9.59 Å². The Bertz CT molecular complexity index is 512. The zero-order valence-electron chi connectivity index (χ0n) is 12.5. The van der Waals surface area contributed by atoms with Gasteiger partial charge in [0.05, 0.1) is 20.3 Å². The molecule has 1 aromatic rings. The van der Waals surface area contributed by atoms with Crippen LogP contribution < -0.4 is 4.74 Å². The van der Waals surface area contributed by atoms with Crippen LogP contribution in [0.1, 0.15) is 24.8 Å². The second-order valence-corrected chi connectivity index (χ2v) is 5.15. The predicted molar refractivity (Wildman–Crippen MR) is 76.3 cm³/mol. The molecule has 0 radical (unpaired) electrons. The summed E-state index contributed by atoms with van der Waals surface area (Å²) in [6, 6.07) is 6.96. The molecule has 2 atom stereocenters. The molecule has 0 saturated heterocycles. The van der Waals surface area contributed by atoms with Crippen molar-refractivity contribution in [1.82, 2.24) is 0 Å². The van der Waals surface area contributed by atoms with Crippen LogP contribution >= 0.6 is 0 Å². The first kappa shape index (κ1) is 15.5. The predicted octanol–water partition coefficient (Wildman–Crippen LogP) is 1.87. The van der Waals surface area contributed by atoms with E-state index in [4.69, 9.17) is 14.2 Å². The first-order valence-corrected chi connectivity index (χ1v) is 6.87. The maximum atomic E-state index is 12.5. The Morgan fingerprint density at radius 2 is 1.86 bits per heavy atom. The highest BCUT2D eigenvalue weighted by atomic mass is 16.5. The highest BCUT2D eigenvalue weighted by molar-refractivity contribution is 6.10. The summed E-state index contributed by atoms with van der Waals surface area (Å²) in [5.41, 5.74) is -0.651. The van der Waals surface area contributed by atoms with Gasteiger partial charge in [0, 0.05) is 20.0 Å². The number of Topliss-reactive ketones (excluding diaryl/α,β-unsaturated/α-hetero) is 1. The highest BCUT2D eigenvalue weighted by Gasteiger charge is 2.52. The van der Waals surface area contributed by atoms with Crippen LogP contribution in [0.25, 0.3) is 0 Å². The maximum absolute atomic E-state index is 12.5. The van der Waals surface area contributed by atoms with Crippen molar-refractivity contribution in [2.24, 2.45) is 0 Å². The number of benzene rings is 1. The smallest absolute Gasteiger partial charge is 0.323 e. The van der Waals surface area contributed by atoms with Crippen molar-refractivity contribution < 1.29 is 23.8 Å². The number of esters is 1. The minimum Gasteiger partial charge on any atom is -0.497 e. The molecule has 1 aliphatic rings. The van der Waals surface area contributed by atoms with E-state index >= 15 is 0 Å². The van der Waals surface area contributed by atoms with Gasteiger partial charge in [-0.05, 0) is 24.1 Å². The van der Waals surface area contributed by atoms with Gasteiger partial charge in [-0.1, -0.05) is 12.1 Å². The molecule has 21 heavy (non-hydrogen) atoms. The summed E-state index contributed by atoms with van der Waals surface area (Å²) >= 11 is 0. The molecule has 5 nitrogen and oxygen atoms in total. The van der Waals surface area contributed by atoms with Crippen molar-refractivity contribution in [1.29, 1.82) is 0 Å². The maximum Gasteiger partial charge on any atom is 0.323 e. The molecule has 2 rings (SSSR count). The summed E-state index contributed by atoms with van der Waals surface area (Å²) < 4.78 is 15.4. The highest BCUT2D eigenvalue weighted by Crippen LogP contribution is 2.39. The summed E-state index contributed by atoms with van der Waals surface area (Å²) in [6.45, 7) is 0. The molecule has 1 aliphatic carbocycles. The van der Waals surface area contributed by atoms with Gasteiger partial charge in [0.15, 0.2) is 11.2 Å². The van der Waals surface area contributed by atoms with Gasteiger partial charge >= 0.3 is 5.97 Å². The Hall–Kier alpha value is -1.88. The molecule has 5 heteroatoms. The number of hydrogen-bond donors (Lipinski definition) is 0. The fraction of sp³-hybridized carbons (Fsp3) is 0.500. The van der Waals surface area contributed by atoms with Crippen LogP contribution in [0.15, 0.2) is 24.3 Å². The average molecular weight is 292 g/mol. The zero-order valence-corrected chi connectivity index (χ0v) is 12.5. The van der Waals surface area contributed by atoms with E-state index in [1.807, 2.05) is 0 Å². The molecular weight excluding hydrogens is 272 g/mol. The standard InChI is InChI=1S/C16H20O5/c1-19-12-6-4-11(5-7-12)16(15(18)21-3)10-13(20-2)8-9-14(16)17/h4-7,13H,8-10H2,1-3H3/t13-,16+/m0/s1. The van der Waals surface area contributed by atoms with Crippen molar-refractivity contribution in [2.45, 2.75) is 30.8 Å². The molecule has 1 saturated carbocycles. The summed E-state index contributed by atoms with van der Waals surface area (Å²) in [5.74, 6) is 0.0255. The Morgan fingerprint density at radius 3 is 2.38 bits per heavy atom. The van der Waals surface area contributed by atoms with Gasteiger partial charge in [0.1, 0.15) is 5.75 Å². The quantitative estimate of drug-likeness (QED) is 0.626. The van der Waals surface area contributed by atoms with Gasteiger partial charge < -0.3 is 14.2 Å². The van der Waals surface area contributed by atoms with Crippen molar-refractivity contribution in [3.05, 3.63) is 29.8 Å². The first-order chi connectivity index (χ1) is 10.1. The van der Waals surface area contributed by atoms with Gasteiger partial charge in [-0.15, -0.1) is 0 Å². The molecular formula is C16H20O5. The van der Waals surface area contributed by atoms with Crippen molar-refractivity contribution in [2.75, 3.05) is 21.3 Å².